The van der Waals surface area contributed by atoms with Crippen molar-refractivity contribution in [3.8, 4) is 0 Å². The molecule has 0 amide bonds. The van der Waals surface area contributed by atoms with Crippen molar-refractivity contribution in [3.63, 3.8) is 0 Å². The van der Waals surface area contributed by atoms with Crippen LogP contribution >= 0.6 is 11.8 Å². The summed E-state index contributed by atoms with van der Waals surface area (Å²) in [5.74, 6) is 0.999. The van der Waals surface area contributed by atoms with Gasteiger partial charge in [-0.1, -0.05) is 36.2 Å². The maximum absolute atomic E-state index is 11.3. The van der Waals surface area contributed by atoms with Gasteiger partial charge in [-0.25, -0.2) is 0 Å². The van der Waals surface area contributed by atoms with E-state index in [1.165, 1.54) is 16.7 Å². The Morgan fingerprint density at radius 1 is 1.30 bits per heavy atom. The van der Waals surface area contributed by atoms with E-state index in [0.717, 1.165) is 11.5 Å². The summed E-state index contributed by atoms with van der Waals surface area (Å²) in [6, 6.07) is 6.56. The van der Waals surface area contributed by atoms with E-state index >= 15 is 0 Å². The Morgan fingerprint density at radius 2 is 1.90 bits per heavy atom. The van der Waals surface area contributed by atoms with E-state index in [9.17, 15) is 9.90 Å². The lowest BCUT2D eigenvalue weighted by Crippen LogP contribution is -2.49. The van der Waals surface area contributed by atoms with Gasteiger partial charge in [-0.15, -0.1) is 0 Å². The average Bonchev–Trinajstić information content (AvgIpc) is 2.33. The van der Waals surface area contributed by atoms with Crippen LogP contribution in [0.15, 0.2) is 18.2 Å². The molecule has 112 valence electrons. The molecule has 3 nitrogen and oxygen atoms in total. The van der Waals surface area contributed by atoms with Crippen LogP contribution in [0.3, 0.4) is 0 Å². The molecular formula is C16H25NO2S. The average molecular weight is 295 g/mol. The molecule has 2 N–H and O–H groups in total. The molecule has 0 aliphatic rings. The predicted molar refractivity (Wildman–Crippen MR) is 86.4 cm³/mol. The SMILES string of the molecule is CCNC(C)(CCSCc1cc(C)cc(C)c1)C(=O)O. The number of thioether (sulfide) groups is 1. The van der Waals surface area contributed by atoms with Gasteiger partial charge >= 0.3 is 5.97 Å². The van der Waals surface area contributed by atoms with Crippen LogP contribution in [0.5, 0.6) is 0 Å². The summed E-state index contributed by atoms with van der Waals surface area (Å²) >= 11 is 1.79. The third kappa shape index (κ3) is 5.17. The second-order valence-corrected chi connectivity index (χ2v) is 6.57. The minimum absolute atomic E-state index is 0.631. The molecule has 1 rings (SSSR count). The Morgan fingerprint density at radius 3 is 2.40 bits per heavy atom. The van der Waals surface area contributed by atoms with Gasteiger partial charge in [-0.2, -0.15) is 11.8 Å². The van der Waals surface area contributed by atoms with E-state index in [1.54, 1.807) is 18.7 Å². The molecule has 0 heterocycles. The molecule has 0 aliphatic carbocycles. The van der Waals surface area contributed by atoms with Crippen molar-refractivity contribution in [2.45, 2.75) is 45.4 Å². The molecular weight excluding hydrogens is 270 g/mol. The highest BCUT2D eigenvalue weighted by Gasteiger charge is 2.31. The zero-order valence-corrected chi connectivity index (χ0v) is 13.6. The van der Waals surface area contributed by atoms with Crippen LogP contribution < -0.4 is 5.32 Å². The van der Waals surface area contributed by atoms with Crippen LogP contribution in [-0.4, -0.2) is 28.9 Å². The fourth-order valence-corrected chi connectivity index (χ4v) is 3.38. The van der Waals surface area contributed by atoms with E-state index in [1.807, 2.05) is 6.92 Å². The molecule has 0 aliphatic heterocycles. The van der Waals surface area contributed by atoms with Crippen molar-refractivity contribution in [2.24, 2.45) is 0 Å². The molecule has 1 unspecified atom stereocenters. The van der Waals surface area contributed by atoms with Crippen molar-refractivity contribution in [1.82, 2.24) is 5.32 Å². The number of hydrogen-bond acceptors (Lipinski definition) is 3. The second-order valence-electron chi connectivity index (χ2n) is 5.47. The lowest BCUT2D eigenvalue weighted by molar-refractivity contribution is -0.144. The molecule has 0 bridgehead atoms. The lowest BCUT2D eigenvalue weighted by atomic mass is 9.99. The molecule has 0 fully saturated rings. The summed E-state index contributed by atoms with van der Waals surface area (Å²) in [5, 5.41) is 12.3. The quantitative estimate of drug-likeness (QED) is 0.722. The minimum Gasteiger partial charge on any atom is -0.480 e. The topological polar surface area (TPSA) is 49.3 Å². The Bertz CT molecular complexity index is 442. The summed E-state index contributed by atoms with van der Waals surface area (Å²) in [6.07, 6.45) is 0.631. The first-order valence-electron chi connectivity index (χ1n) is 7.00. The van der Waals surface area contributed by atoms with Gasteiger partial charge < -0.3 is 10.4 Å². The smallest absolute Gasteiger partial charge is 0.323 e. The second kappa shape index (κ2) is 7.70. The lowest BCUT2D eigenvalue weighted by Gasteiger charge is -2.25. The molecule has 0 saturated heterocycles. The van der Waals surface area contributed by atoms with Gasteiger partial charge in [0.25, 0.3) is 0 Å². The van der Waals surface area contributed by atoms with Crippen molar-refractivity contribution in [2.75, 3.05) is 12.3 Å². The highest BCUT2D eigenvalue weighted by molar-refractivity contribution is 7.98. The van der Waals surface area contributed by atoms with E-state index in [4.69, 9.17) is 0 Å². The molecule has 20 heavy (non-hydrogen) atoms. The van der Waals surface area contributed by atoms with Crippen molar-refractivity contribution >= 4 is 17.7 Å². The summed E-state index contributed by atoms with van der Waals surface area (Å²) in [5.41, 5.74) is 3.06. The van der Waals surface area contributed by atoms with Crippen LogP contribution in [0.25, 0.3) is 0 Å². The summed E-state index contributed by atoms with van der Waals surface area (Å²) in [7, 11) is 0. The fraction of sp³-hybridized carbons (Fsp3) is 0.562. The van der Waals surface area contributed by atoms with Gasteiger partial charge in [0, 0.05) is 5.75 Å². The normalized spacial score (nSPS) is 14.0. The third-order valence-corrected chi connectivity index (χ3v) is 4.37. The van der Waals surface area contributed by atoms with Gasteiger partial charge in [-0.3, -0.25) is 4.79 Å². The number of likely N-dealkylation sites (N-methyl/N-ethyl adjacent to an activating group) is 1. The molecule has 4 heteroatoms. The van der Waals surface area contributed by atoms with Gasteiger partial charge in [0.1, 0.15) is 5.54 Å². The molecule has 1 aromatic rings. The zero-order valence-electron chi connectivity index (χ0n) is 12.8. The van der Waals surface area contributed by atoms with Crippen molar-refractivity contribution in [1.29, 1.82) is 0 Å². The molecule has 1 atom stereocenters. The van der Waals surface area contributed by atoms with E-state index in [2.05, 4.69) is 37.4 Å². The van der Waals surface area contributed by atoms with Crippen LogP contribution in [0.4, 0.5) is 0 Å². The number of carbonyl (C=O) groups is 1. The fourth-order valence-electron chi connectivity index (χ4n) is 2.28. The Hall–Kier alpha value is -1.00. The van der Waals surface area contributed by atoms with E-state index in [0.29, 0.717) is 13.0 Å². The van der Waals surface area contributed by atoms with Gasteiger partial charge in [-0.05, 0) is 45.1 Å². The first-order chi connectivity index (χ1) is 9.37. The van der Waals surface area contributed by atoms with E-state index in [-0.39, 0.29) is 0 Å². The number of carboxylic acids is 1. The van der Waals surface area contributed by atoms with Crippen LogP contribution in [0.1, 0.15) is 37.0 Å². The van der Waals surface area contributed by atoms with Gasteiger partial charge in [0.15, 0.2) is 0 Å². The Labute approximate surface area is 126 Å². The summed E-state index contributed by atoms with van der Waals surface area (Å²) in [6.45, 7) is 8.58. The largest absolute Gasteiger partial charge is 0.480 e. The van der Waals surface area contributed by atoms with Crippen LogP contribution in [-0.2, 0) is 10.5 Å². The third-order valence-electron chi connectivity index (χ3n) is 3.34. The minimum atomic E-state index is -0.815. The first-order valence-corrected chi connectivity index (χ1v) is 8.16. The Balaban J connectivity index is 2.46. The standard InChI is InChI=1S/C16H25NO2S/c1-5-17-16(4,15(18)19)6-7-20-11-14-9-12(2)8-13(3)10-14/h8-10,17H,5-7,11H2,1-4H3,(H,18,19). The maximum atomic E-state index is 11.3. The maximum Gasteiger partial charge on any atom is 0.323 e. The molecule has 0 spiro atoms. The van der Waals surface area contributed by atoms with Crippen molar-refractivity contribution < 1.29 is 9.90 Å². The molecule has 0 radical (unpaired) electrons. The monoisotopic (exact) mass is 295 g/mol. The first kappa shape index (κ1) is 17.1. The highest BCUT2D eigenvalue weighted by Crippen LogP contribution is 2.20. The summed E-state index contributed by atoms with van der Waals surface area (Å²) < 4.78 is 0. The van der Waals surface area contributed by atoms with E-state index < -0.39 is 11.5 Å². The number of hydrogen-bond donors (Lipinski definition) is 2. The Kier molecular flexibility index (Phi) is 6.56. The van der Waals surface area contributed by atoms with Crippen LogP contribution in [0.2, 0.25) is 0 Å². The van der Waals surface area contributed by atoms with Crippen LogP contribution in [0, 0.1) is 13.8 Å². The zero-order chi connectivity index (χ0) is 15.2. The van der Waals surface area contributed by atoms with Gasteiger partial charge in [0.2, 0.25) is 0 Å². The predicted octanol–water partition coefficient (Wildman–Crippen LogP) is 3.38. The number of aliphatic carboxylic acids is 1. The van der Waals surface area contributed by atoms with Crippen molar-refractivity contribution in [3.05, 3.63) is 34.9 Å². The molecule has 1 aromatic carbocycles. The van der Waals surface area contributed by atoms with Gasteiger partial charge in [0.05, 0.1) is 0 Å². The number of carboxylic acid groups (broad SMARTS) is 1. The molecule has 0 saturated carbocycles. The highest BCUT2D eigenvalue weighted by atomic mass is 32.2. The number of benzene rings is 1. The number of nitrogens with one attached hydrogen (secondary N) is 1. The number of aryl methyl sites for hydroxylation is 2. The number of rotatable bonds is 8. The summed E-state index contributed by atoms with van der Waals surface area (Å²) in [4.78, 5) is 11.3. The molecule has 0 aromatic heterocycles.